The van der Waals surface area contributed by atoms with Crippen molar-refractivity contribution in [2.75, 3.05) is 32.7 Å². The molecule has 0 aliphatic carbocycles. The average molecular weight is 282 g/mol. The van der Waals surface area contributed by atoms with Crippen LogP contribution in [0.2, 0.25) is 5.02 Å². The molecule has 1 aromatic carbocycles. The Hall–Kier alpha value is -1.59. The van der Waals surface area contributed by atoms with Gasteiger partial charge in [-0.1, -0.05) is 23.7 Å². The summed E-state index contributed by atoms with van der Waals surface area (Å²) in [4.78, 5) is 25.5. The predicted octanol–water partition coefficient (Wildman–Crippen LogP) is 0.502. The van der Waals surface area contributed by atoms with Crippen LogP contribution in [0.1, 0.15) is 10.4 Å². The van der Waals surface area contributed by atoms with Crippen LogP contribution in [-0.4, -0.2) is 49.4 Å². The van der Waals surface area contributed by atoms with Gasteiger partial charge >= 0.3 is 0 Å². The minimum Gasteiger partial charge on any atom is -0.343 e. The van der Waals surface area contributed by atoms with Gasteiger partial charge < -0.3 is 15.5 Å². The zero-order chi connectivity index (χ0) is 13.7. The second-order valence-corrected chi connectivity index (χ2v) is 4.70. The molecular formula is C13H16ClN3O2. The third-order valence-corrected chi connectivity index (χ3v) is 3.32. The number of carbonyl (C=O) groups excluding carboxylic acids is 2. The fraction of sp³-hybridized carbons (Fsp3) is 0.385. The summed E-state index contributed by atoms with van der Waals surface area (Å²) in [6.45, 7) is 2.96. The zero-order valence-electron chi connectivity index (χ0n) is 10.5. The summed E-state index contributed by atoms with van der Waals surface area (Å²) in [5, 5.41) is 6.15. The first-order valence-corrected chi connectivity index (χ1v) is 6.57. The fourth-order valence-electron chi connectivity index (χ4n) is 1.92. The van der Waals surface area contributed by atoms with E-state index in [2.05, 4.69) is 10.6 Å². The lowest BCUT2D eigenvalue weighted by Gasteiger charge is -2.27. The normalized spacial score (nSPS) is 15.1. The maximum absolute atomic E-state index is 11.9. The van der Waals surface area contributed by atoms with Crippen LogP contribution in [0, 0.1) is 0 Å². The Kier molecular flexibility index (Phi) is 4.76. The maximum atomic E-state index is 11.9. The second kappa shape index (κ2) is 6.54. The van der Waals surface area contributed by atoms with Gasteiger partial charge in [-0.2, -0.15) is 0 Å². The molecule has 1 saturated heterocycles. The molecule has 102 valence electrons. The van der Waals surface area contributed by atoms with Crippen molar-refractivity contribution in [3.05, 3.63) is 34.9 Å². The number of halogens is 1. The van der Waals surface area contributed by atoms with Crippen molar-refractivity contribution >= 4 is 23.4 Å². The lowest BCUT2D eigenvalue weighted by Crippen LogP contribution is -2.49. The highest BCUT2D eigenvalue weighted by molar-refractivity contribution is 6.33. The summed E-state index contributed by atoms with van der Waals surface area (Å²) in [5.41, 5.74) is 0.386. The summed E-state index contributed by atoms with van der Waals surface area (Å²) < 4.78 is 0. The number of nitrogens with one attached hydrogen (secondary N) is 2. The van der Waals surface area contributed by atoms with E-state index in [9.17, 15) is 9.59 Å². The Morgan fingerprint density at radius 3 is 2.63 bits per heavy atom. The number of benzene rings is 1. The third kappa shape index (κ3) is 3.68. The SMILES string of the molecule is O=C(NCC(=O)N1CCNCC1)c1ccccc1Cl. The van der Waals surface area contributed by atoms with E-state index in [0.717, 1.165) is 13.1 Å². The predicted molar refractivity (Wildman–Crippen MR) is 73.2 cm³/mol. The highest BCUT2D eigenvalue weighted by atomic mass is 35.5. The molecule has 0 unspecified atom stereocenters. The molecule has 0 aromatic heterocycles. The summed E-state index contributed by atoms with van der Waals surface area (Å²) in [5.74, 6) is -0.393. The van der Waals surface area contributed by atoms with E-state index in [1.807, 2.05) is 0 Å². The first-order chi connectivity index (χ1) is 9.18. The molecule has 0 bridgehead atoms. The lowest BCUT2D eigenvalue weighted by molar-refractivity contribution is -0.130. The van der Waals surface area contributed by atoms with Crippen molar-refractivity contribution in [2.45, 2.75) is 0 Å². The van der Waals surface area contributed by atoms with Crippen LogP contribution >= 0.6 is 11.6 Å². The molecule has 1 aliphatic rings. The Balaban J connectivity index is 1.86. The standard InChI is InChI=1S/C13H16ClN3O2/c14-11-4-2-1-3-10(11)13(19)16-9-12(18)17-7-5-15-6-8-17/h1-4,15H,5-9H2,(H,16,19). The van der Waals surface area contributed by atoms with Crippen molar-refractivity contribution < 1.29 is 9.59 Å². The Bertz CT molecular complexity index is 473. The molecule has 5 nitrogen and oxygen atoms in total. The van der Waals surface area contributed by atoms with Gasteiger partial charge in [-0.3, -0.25) is 9.59 Å². The van der Waals surface area contributed by atoms with Gasteiger partial charge in [0.1, 0.15) is 0 Å². The zero-order valence-corrected chi connectivity index (χ0v) is 11.2. The Morgan fingerprint density at radius 2 is 1.95 bits per heavy atom. The minimum atomic E-state index is -0.325. The number of carbonyl (C=O) groups is 2. The van der Waals surface area contributed by atoms with E-state index >= 15 is 0 Å². The van der Waals surface area contributed by atoms with Crippen LogP contribution in [0.25, 0.3) is 0 Å². The molecule has 2 amide bonds. The number of amides is 2. The summed E-state index contributed by atoms with van der Waals surface area (Å²) in [7, 11) is 0. The van der Waals surface area contributed by atoms with Crippen molar-refractivity contribution in [3.8, 4) is 0 Å². The molecule has 0 atom stereocenters. The summed E-state index contributed by atoms with van der Waals surface area (Å²) in [6.07, 6.45) is 0. The van der Waals surface area contributed by atoms with Crippen LogP contribution in [-0.2, 0) is 4.79 Å². The number of hydrogen-bond acceptors (Lipinski definition) is 3. The van der Waals surface area contributed by atoms with Gasteiger partial charge in [0.25, 0.3) is 5.91 Å². The van der Waals surface area contributed by atoms with Gasteiger partial charge in [-0.15, -0.1) is 0 Å². The van der Waals surface area contributed by atoms with E-state index in [0.29, 0.717) is 23.7 Å². The monoisotopic (exact) mass is 281 g/mol. The molecule has 0 saturated carbocycles. The molecule has 1 aromatic rings. The molecule has 0 spiro atoms. The number of hydrogen-bond donors (Lipinski definition) is 2. The number of piperazine rings is 1. The van der Waals surface area contributed by atoms with Crippen LogP contribution in [0.3, 0.4) is 0 Å². The van der Waals surface area contributed by atoms with E-state index in [1.165, 1.54) is 0 Å². The van der Waals surface area contributed by atoms with Crippen LogP contribution in [0.15, 0.2) is 24.3 Å². The van der Waals surface area contributed by atoms with Crippen molar-refractivity contribution in [1.82, 2.24) is 15.5 Å². The molecule has 2 N–H and O–H groups in total. The van der Waals surface area contributed by atoms with E-state index in [4.69, 9.17) is 11.6 Å². The largest absolute Gasteiger partial charge is 0.343 e. The summed E-state index contributed by atoms with van der Waals surface area (Å²) >= 11 is 5.92. The molecule has 6 heteroatoms. The van der Waals surface area contributed by atoms with Gasteiger partial charge in [-0.05, 0) is 12.1 Å². The first kappa shape index (κ1) is 13.8. The molecule has 0 radical (unpaired) electrons. The van der Waals surface area contributed by atoms with Crippen LogP contribution in [0.5, 0.6) is 0 Å². The van der Waals surface area contributed by atoms with E-state index in [1.54, 1.807) is 29.2 Å². The number of rotatable bonds is 3. The van der Waals surface area contributed by atoms with Crippen molar-refractivity contribution in [1.29, 1.82) is 0 Å². The van der Waals surface area contributed by atoms with Crippen molar-refractivity contribution in [2.24, 2.45) is 0 Å². The lowest BCUT2D eigenvalue weighted by atomic mass is 10.2. The van der Waals surface area contributed by atoms with Gasteiger partial charge in [0.05, 0.1) is 17.1 Å². The minimum absolute atomic E-state index is 0.00402. The molecule has 19 heavy (non-hydrogen) atoms. The van der Waals surface area contributed by atoms with Crippen LogP contribution < -0.4 is 10.6 Å². The van der Waals surface area contributed by atoms with Gasteiger partial charge in [0.2, 0.25) is 5.91 Å². The highest BCUT2D eigenvalue weighted by Crippen LogP contribution is 2.14. The molecule has 1 heterocycles. The summed E-state index contributed by atoms with van der Waals surface area (Å²) in [6, 6.07) is 6.77. The van der Waals surface area contributed by atoms with Gasteiger partial charge in [0, 0.05) is 26.2 Å². The number of nitrogens with zero attached hydrogens (tertiary/aromatic N) is 1. The fourth-order valence-corrected chi connectivity index (χ4v) is 2.14. The van der Waals surface area contributed by atoms with E-state index in [-0.39, 0.29) is 18.4 Å². The van der Waals surface area contributed by atoms with Crippen molar-refractivity contribution in [3.63, 3.8) is 0 Å². The van der Waals surface area contributed by atoms with Gasteiger partial charge in [0.15, 0.2) is 0 Å². The van der Waals surface area contributed by atoms with E-state index < -0.39 is 0 Å². The molecule has 1 aliphatic heterocycles. The smallest absolute Gasteiger partial charge is 0.253 e. The second-order valence-electron chi connectivity index (χ2n) is 4.29. The maximum Gasteiger partial charge on any atom is 0.253 e. The Labute approximate surface area is 116 Å². The topological polar surface area (TPSA) is 61.4 Å². The third-order valence-electron chi connectivity index (χ3n) is 2.99. The van der Waals surface area contributed by atoms with Gasteiger partial charge in [-0.25, -0.2) is 0 Å². The molecule has 1 fully saturated rings. The average Bonchev–Trinajstić information content (AvgIpc) is 2.46. The molecular weight excluding hydrogens is 266 g/mol. The highest BCUT2D eigenvalue weighted by Gasteiger charge is 2.17. The quantitative estimate of drug-likeness (QED) is 0.848. The Morgan fingerprint density at radius 1 is 1.26 bits per heavy atom. The first-order valence-electron chi connectivity index (χ1n) is 6.19. The molecule has 2 rings (SSSR count). The van der Waals surface area contributed by atoms with Crippen LogP contribution in [0.4, 0.5) is 0 Å².